The fraction of sp³-hybridized carbons (Fsp3) is 0.273. The molecule has 1 unspecified atom stereocenters. The Kier molecular flexibility index (Phi) is 3.68. The summed E-state index contributed by atoms with van der Waals surface area (Å²) in [4.78, 5) is 0. The SMILES string of the molecule is C=CCN(O)C(C)c1ccccc1. The normalized spacial score (nSPS) is 12.8. The van der Waals surface area contributed by atoms with Crippen LogP contribution in [-0.2, 0) is 0 Å². The molecule has 1 rings (SSSR count). The average molecular weight is 177 g/mol. The molecule has 1 aromatic carbocycles. The standard InChI is InChI=1S/C11H15NO/c1-3-9-12(13)10(2)11-7-5-4-6-8-11/h3-8,10,13H,1,9H2,2H3. The second-order valence-electron chi connectivity index (χ2n) is 3.00. The number of rotatable bonds is 4. The summed E-state index contributed by atoms with van der Waals surface area (Å²) in [6.07, 6.45) is 1.68. The summed E-state index contributed by atoms with van der Waals surface area (Å²) in [5.74, 6) is 0. The summed E-state index contributed by atoms with van der Waals surface area (Å²) >= 11 is 0. The third-order valence-electron chi connectivity index (χ3n) is 2.05. The number of hydroxylamine groups is 2. The van der Waals surface area contributed by atoms with Gasteiger partial charge in [0.05, 0.1) is 6.04 Å². The predicted octanol–water partition coefficient (Wildman–Crippen LogP) is 2.62. The summed E-state index contributed by atoms with van der Waals surface area (Å²) in [5, 5.41) is 10.8. The van der Waals surface area contributed by atoms with E-state index in [9.17, 15) is 5.21 Å². The van der Waals surface area contributed by atoms with Gasteiger partial charge in [-0.1, -0.05) is 36.4 Å². The van der Waals surface area contributed by atoms with E-state index >= 15 is 0 Å². The molecule has 0 aliphatic carbocycles. The molecule has 0 aliphatic heterocycles. The molecule has 0 amide bonds. The largest absolute Gasteiger partial charge is 0.313 e. The van der Waals surface area contributed by atoms with Crippen LogP contribution in [0, 0.1) is 0 Å². The Bertz CT molecular complexity index is 258. The maximum Gasteiger partial charge on any atom is 0.0574 e. The van der Waals surface area contributed by atoms with Crippen molar-refractivity contribution in [1.82, 2.24) is 5.06 Å². The van der Waals surface area contributed by atoms with Crippen LogP contribution in [0.3, 0.4) is 0 Å². The van der Waals surface area contributed by atoms with Crippen molar-refractivity contribution >= 4 is 0 Å². The van der Waals surface area contributed by atoms with E-state index < -0.39 is 0 Å². The van der Waals surface area contributed by atoms with Crippen LogP contribution in [0.1, 0.15) is 18.5 Å². The third-order valence-corrected chi connectivity index (χ3v) is 2.05. The van der Waals surface area contributed by atoms with Crippen LogP contribution in [0.4, 0.5) is 0 Å². The smallest absolute Gasteiger partial charge is 0.0574 e. The van der Waals surface area contributed by atoms with Gasteiger partial charge in [-0.25, -0.2) is 0 Å². The number of hydrogen-bond donors (Lipinski definition) is 1. The Morgan fingerprint density at radius 1 is 1.46 bits per heavy atom. The van der Waals surface area contributed by atoms with E-state index in [2.05, 4.69) is 6.58 Å². The van der Waals surface area contributed by atoms with Crippen molar-refractivity contribution < 1.29 is 5.21 Å². The molecule has 1 N–H and O–H groups in total. The molecule has 13 heavy (non-hydrogen) atoms. The summed E-state index contributed by atoms with van der Waals surface area (Å²) in [7, 11) is 0. The van der Waals surface area contributed by atoms with Crippen molar-refractivity contribution in [2.24, 2.45) is 0 Å². The molecule has 0 spiro atoms. The van der Waals surface area contributed by atoms with Gasteiger partial charge in [-0.3, -0.25) is 0 Å². The molecule has 0 saturated carbocycles. The lowest BCUT2D eigenvalue weighted by Gasteiger charge is -2.21. The Morgan fingerprint density at radius 3 is 2.62 bits per heavy atom. The van der Waals surface area contributed by atoms with Crippen molar-refractivity contribution in [3.8, 4) is 0 Å². The fourth-order valence-corrected chi connectivity index (χ4v) is 1.19. The predicted molar refractivity (Wildman–Crippen MR) is 53.5 cm³/mol. The quantitative estimate of drug-likeness (QED) is 0.564. The molecule has 70 valence electrons. The zero-order chi connectivity index (χ0) is 9.68. The van der Waals surface area contributed by atoms with Gasteiger partial charge in [0, 0.05) is 6.54 Å². The van der Waals surface area contributed by atoms with Crippen LogP contribution in [0.5, 0.6) is 0 Å². The first kappa shape index (κ1) is 9.96. The first-order valence-electron chi connectivity index (χ1n) is 4.37. The Balaban J connectivity index is 2.67. The summed E-state index contributed by atoms with van der Waals surface area (Å²) in [6.45, 7) is 6.01. The van der Waals surface area contributed by atoms with E-state index in [-0.39, 0.29) is 6.04 Å². The molecular weight excluding hydrogens is 162 g/mol. The summed E-state index contributed by atoms with van der Waals surface area (Å²) in [5.41, 5.74) is 1.10. The number of benzene rings is 1. The van der Waals surface area contributed by atoms with E-state index in [1.165, 1.54) is 5.06 Å². The van der Waals surface area contributed by atoms with Gasteiger partial charge in [-0.05, 0) is 12.5 Å². The summed E-state index contributed by atoms with van der Waals surface area (Å²) < 4.78 is 0. The van der Waals surface area contributed by atoms with Crippen LogP contribution in [-0.4, -0.2) is 16.8 Å². The molecule has 0 heterocycles. The van der Waals surface area contributed by atoms with Crippen molar-refractivity contribution in [1.29, 1.82) is 0 Å². The van der Waals surface area contributed by atoms with Crippen LogP contribution in [0.15, 0.2) is 43.0 Å². The molecule has 0 bridgehead atoms. The van der Waals surface area contributed by atoms with Gasteiger partial charge in [0.1, 0.15) is 0 Å². The van der Waals surface area contributed by atoms with Crippen LogP contribution >= 0.6 is 0 Å². The minimum atomic E-state index is 0.0131. The van der Waals surface area contributed by atoms with Gasteiger partial charge in [-0.2, -0.15) is 5.06 Å². The molecule has 2 nitrogen and oxygen atoms in total. The second kappa shape index (κ2) is 4.80. The monoisotopic (exact) mass is 177 g/mol. The van der Waals surface area contributed by atoms with E-state index in [1.807, 2.05) is 37.3 Å². The fourth-order valence-electron chi connectivity index (χ4n) is 1.19. The zero-order valence-electron chi connectivity index (χ0n) is 7.85. The highest BCUT2D eigenvalue weighted by molar-refractivity contribution is 5.17. The van der Waals surface area contributed by atoms with Gasteiger partial charge in [0.25, 0.3) is 0 Å². The lowest BCUT2D eigenvalue weighted by atomic mass is 10.1. The third kappa shape index (κ3) is 2.68. The second-order valence-corrected chi connectivity index (χ2v) is 3.00. The lowest BCUT2D eigenvalue weighted by molar-refractivity contribution is -0.113. The van der Waals surface area contributed by atoms with Crippen molar-refractivity contribution in [2.75, 3.05) is 6.54 Å². The highest BCUT2D eigenvalue weighted by Gasteiger charge is 2.10. The lowest BCUT2D eigenvalue weighted by Crippen LogP contribution is -2.22. The van der Waals surface area contributed by atoms with Gasteiger partial charge < -0.3 is 5.21 Å². The molecule has 0 radical (unpaired) electrons. The summed E-state index contributed by atoms with van der Waals surface area (Å²) in [6, 6.07) is 9.90. The van der Waals surface area contributed by atoms with E-state index in [0.29, 0.717) is 6.54 Å². The van der Waals surface area contributed by atoms with Gasteiger partial charge in [0.2, 0.25) is 0 Å². The first-order valence-corrected chi connectivity index (χ1v) is 4.37. The molecule has 0 saturated heterocycles. The Hall–Kier alpha value is -1.12. The van der Waals surface area contributed by atoms with Crippen molar-refractivity contribution in [2.45, 2.75) is 13.0 Å². The topological polar surface area (TPSA) is 23.5 Å². The Morgan fingerprint density at radius 2 is 2.08 bits per heavy atom. The minimum absolute atomic E-state index is 0.0131. The molecule has 1 atom stereocenters. The van der Waals surface area contributed by atoms with Gasteiger partial charge in [-0.15, -0.1) is 6.58 Å². The molecule has 0 fully saturated rings. The van der Waals surface area contributed by atoms with Gasteiger partial charge >= 0.3 is 0 Å². The van der Waals surface area contributed by atoms with Crippen LogP contribution in [0.25, 0.3) is 0 Å². The van der Waals surface area contributed by atoms with Crippen molar-refractivity contribution in [3.63, 3.8) is 0 Å². The molecular formula is C11H15NO. The zero-order valence-corrected chi connectivity index (χ0v) is 7.85. The minimum Gasteiger partial charge on any atom is -0.313 e. The maximum absolute atomic E-state index is 9.53. The van der Waals surface area contributed by atoms with Crippen molar-refractivity contribution in [3.05, 3.63) is 48.6 Å². The average Bonchev–Trinajstić information content (AvgIpc) is 2.18. The van der Waals surface area contributed by atoms with Crippen LogP contribution in [0.2, 0.25) is 0 Å². The molecule has 1 aromatic rings. The first-order chi connectivity index (χ1) is 6.25. The van der Waals surface area contributed by atoms with E-state index in [4.69, 9.17) is 0 Å². The van der Waals surface area contributed by atoms with Gasteiger partial charge in [0.15, 0.2) is 0 Å². The Labute approximate surface area is 79.1 Å². The van der Waals surface area contributed by atoms with Crippen LogP contribution < -0.4 is 0 Å². The number of nitrogens with zero attached hydrogens (tertiary/aromatic N) is 1. The highest BCUT2D eigenvalue weighted by Crippen LogP contribution is 2.17. The highest BCUT2D eigenvalue weighted by atomic mass is 16.5. The molecule has 2 heteroatoms. The molecule has 0 aromatic heterocycles. The number of hydrogen-bond acceptors (Lipinski definition) is 2. The van der Waals surface area contributed by atoms with E-state index in [1.54, 1.807) is 6.08 Å². The van der Waals surface area contributed by atoms with E-state index in [0.717, 1.165) is 5.56 Å². The molecule has 0 aliphatic rings. The maximum atomic E-state index is 9.53.